The molecule has 0 aromatic heterocycles. The summed E-state index contributed by atoms with van der Waals surface area (Å²) in [7, 11) is 0. The van der Waals surface area contributed by atoms with Crippen LogP contribution in [-0.4, -0.2) is 23.4 Å². The second-order valence-corrected chi connectivity index (χ2v) is 4.29. The fourth-order valence-electron chi connectivity index (χ4n) is 0.924. The SMILES string of the molecule is CC(C)CCCO.CCC(C)CCO. The molecule has 2 N–H and O–H groups in total. The Hall–Kier alpha value is -0.0800. The van der Waals surface area contributed by atoms with Gasteiger partial charge < -0.3 is 10.2 Å². The number of rotatable bonds is 6. The molecule has 2 nitrogen and oxygen atoms in total. The highest BCUT2D eigenvalue weighted by atomic mass is 16.3. The van der Waals surface area contributed by atoms with Crippen LogP contribution in [0.25, 0.3) is 0 Å². The van der Waals surface area contributed by atoms with Crippen molar-refractivity contribution in [3.63, 3.8) is 0 Å². The van der Waals surface area contributed by atoms with Gasteiger partial charge in [-0.15, -0.1) is 0 Å². The molecule has 0 bridgehead atoms. The van der Waals surface area contributed by atoms with Gasteiger partial charge in [0.25, 0.3) is 0 Å². The third-order valence-corrected chi connectivity index (χ3v) is 2.26. The van der Waals surface area contributed by atoms with Crippen LogP contribution in [0.4, 0.5) is 0 Å². The summed E-state index contributed by atoms with van der Waals surface area (Å²) >= 11 is 0. The molecule has 0 aromatic carbocycles. The quantitative estimate of drug-likeness (QED) is 0.698. The molecule has 0 aromatic rings. The van der Waals surface area contributed by atoms with Crippen molar-refractivity contribution in [2.24, 2.45) is 11.8 Å². The smallest absolute Gasteiger partial charge is 0.0433 e. The van der Waals surface area contributed by atoms with Crippen molar-refractivity contribution < 1.29 is 10.2 Å². The second-order valence-electron chi connectivity index (χ2n) is 4.29. The van der Waals surface area contributed by atoms with Crippen LogP contribution in [0.3, 0.4) is 0 Å². The van der Waals surface area contributed by atoms with Crippen molar-refractivity contribution in [3.05, 3.63) is 0 Å². The van der Waals surface area contributed by atoms with E-state index in [2.05, 4.69) is 27.7 Å². The van der Waals surface area contributed by atoms with E-state index in [1.807, 2.05) is 0 Å². The average Bonchev–Trinajstić information content (AvgIpc) is 2.16. The Morgan fingerprint density at radius 2 is 1.50 bits per heavy atom. The highest BCUT2D eigenvalue weighted by molar-refractivity contribution is 4.45. The molecule has 0 aliphatic heterocycles. The van der Waals surface area contributed by atoms with E-state index in [0.717, 1.165) is 25.2 Å². The molecule has 1 unspecified atom stereocenters. The molecule has 0 amide bonds. The van der Waals surface area contributed by atoms with Crippen molar-refractivity contribution in [2.75, 3.05) is 13.2 Å². The predicted molar refractivity (Wildman–Crippen MR) is 62.3 cm³/mol. The average molecular weight is 204 g/mol. The van der Waals surface area contributed by atoms with Gasteiger partial charge in [-0.3, -0.25) is 0 Å². The van der Waals surface area contributed by atoms with Crippen molar-refractivity contribution in [1.29, 1.82) is 0 Å². The molecule has 0 rings (SSSR count). The summed E-state index contributed by atoms with van der Waals surface area (Å²) in [5.41, 5.74) is 0. The van der Waals surface area contributed by atoms with Gasteiger partial charge >= 0.3 is 0 Å². The maximum Gasteiger partial charge on any atom is 0.0433 e. The van der Waals surface area contributed by atoms with Crippen molar-refractivity contribution >= 4 is 0 Å². The molecular weight excluding hydrogens is 176 g/mol. The lowest BCUT2D eigenvalue weighted by atomic mass is 10.1. The first kappa shape index (κ1) is 16.4. The molecule has 0 saturated heterocycles. The van der Waals surface area contributed by atoms with Gasteiger partial charge in [0.15, 0.2) is 0 Å². The van der Waals surface area contributed by atoms with Gasteiger partial charge in [0, 0.05) is 13.2 Å². The van der Waals surface area contributed by atoms with Crippen LogP contribution in [-0.2, 0) is 0 Å². The zero-order valence-corrected chi connectivity index (χ0v) is 10.3. The van der Waals surface area contributed by atoms with Gasteiger partial charge in [-0.05, 0) is 31.1 Å². The van der Waals surface area contributed by atoms with Crippen LogP contribution < -0.4 is 0 Å². The van der Waals surface area contributed by atoms with E-state index in [1.54, 1.807) is 0 Å². The highest BCUT2D eigenvalue weighted by Crippen LogP contribution is 2.03. The summed E-state index contributed by atoms with van der Waals surface area (Å²) in [4.78, 5) is 0. The normalized spacial score (nSPS) is 12.2. The predicted octanol–water partition coefficient (Wildman–Crippen LogP) is 2.83. The van der Waals surface area contributed by atoms with Crippen LogP contribution in [0, 0.1) is 11.8 Å². The van der Waals surface area contributed by atoms with Gasteiger partial charge in [-0.1, -0.05) is 34.1 Å². The first-order valence-corrected chi connectivity index (χ1v) is 5.80. The fraction of sp³-hybridized carbons (Fsp3) is 1.00. The van der Waals surface area contributed by atoms with Crippen LogP contribution in [0.2, 0.25) is 0 Å². The van der Waals surface area contributed by atoms with E-state index in [9.17, 15) is 0 Å². The van der Waals surface area contributed by atoms with Gasteiger partial charge in [0.2, 0.25) is 0 Å². The minimum atomic E-state index is 0.342. The Kier molecular flexibility index (Phi) is 15.1. The number of aliphatic hydroxyl groups is 2. The summed E-state index contributed by atoms with van der Waals surface area (Å²) in [6, 6.07) is 0. The van der Waals surface area contributed by atoms with Crippen LogP contribution in [0.1, 0.15) is 53.4 Å². The molecule has 0 spiro atoms. The number of aliphatic hydroxyl groups excluding tert-OH is 2. The minimum absolute atomic E-state index is 0.342. The molecular formula is C12H28O2. The third-order valence-electron chi connectivity index (χ3n) is 2.26. The lowest BCUT2D eigenvalue weighted by Crippen LogP contribution is -1.94. The molecule has 14 heavy (non-hydrogen) atoms. The molecule has 88 valence electrons. The van der Waals surface area contributed by atoms with E-state index >= 15 is 0 Å². The molecule has 2 heteroatoms. The number of hydrogen-bond acceptors (Lipinski definition) is 2. The molecule has 0 aliphatic rings. The number of hydrogen-bond donors (Lipinski definition) is 2. The lowest BCUT2D eigenvalue weighted by Gasteiger charge is -2.01. The standard InChI is InChI=1S/2C6H14O/c1-6(2)4-3-5-7;1-3-6(2)4-5-7/h2*6-7H,3-5H2,1-2H3. The second kappa shape index (κ2) is 12.9. The minimum Gasteiger partial charge on any atom is -0.396 e. The Morgan fingerprint density at radius 3 is 1.64 bits per heavy atom. The summed E-state index contributed by atoms with van der Waals surface area (Å²) in [5.74, 6) is 1.44. The first-order valence-electron chi connectivity index (χ1n) is 5.80. The van der Waals surface area contributed by atoms with E-state index in [-0.39, 0.29) is 0 Å². The Morgan fingerprint density at radius 1 is 0.929 bits per heavy atom. The summed E-state index contributed by atoms with van der Waals surface area (Å²) in [6.45, 7) is 9.30. The molecule has 1 atom stereocenters. The Bertz CT molecular complexity index is 92.3. The van der Waals surface area contributed by atoms with Crippen LogP contribution in [0.5, 0.6) is 0 Å². The largest absolute Gasteiger partial charge is 0.396 e. The topological polar surface area (TPSA) is 40.5 Å². The molecule has 0 fully saturated rings. The highest BCUT2D eigenvalue weighted by Gasteiger charge is 1.93. The summed E-state index contributed by atoms with van der Waals surface area (Å²) < 4.78 is 0. The maximum atomic E-state index is 8.37. The fourth-order valence-corrected chi connectivity index (χ4v) is 0.924. The molecule has 0 heterocycles. The van der Waals surface area contributed by atoms with Crippen LogP contribution >= 0.6 is 0 Å². The van der Waals surface area contributed by atoms with Gasteiger partial charge in [-0.2, -0.15) is 0 Å². The van der Waals surface area contributed by atoms with Gasteiger partial charge in [0.05, 0.1) is 0 Å². The van der Waals surface area contributed by atoms with Crippen molar-refractivity contribution in [3.8, 4) is 0 Å². The monoisotopic (exact) mass is 204 g/mol. The Labute approximate surface area is 89.3 Å². The summed E-state index contributed by atoms with van der Waals surface area (Å²) in [6.07, 6.45) is 4.24. The Balaban J connectivity index is 0. The third kappa shape index (κ3) is 17.9. The van der Waals surface area contributed by atoms with Gasteiger partial charge in [0.1, 0.15) is 0 Å². The zero-order valence-electron chi connectivity index (χ0n) is 10.3. The van der Waals surface area contributed by atoms with Crippen molar-refractivity contribution in [2.45, 2.75) is 53.4 Å². The van der Waals surface area contributed by atoms with Gasteiger partial charge in [-0.25, -0.2) is 0 Å². The summed E-state index contributed by atoms with van der Waals surface area (Å²) in [5, 5.41) is 16.7. The molecule has 0 saturated carbocycles. The molecule has 0 aliphatic carbocycles. The zero-order chi connectivity index (χ0) is 11.4. The van der Waals surface area contributed by atoms with E-state index < -0.39 is 0 Å². The lowest BCUT2D eigenvalue weighted by molar-refractivity contribution is 0.260. The van der Waals surface area contributed by atoms with E-state index in [0.29, 0.717) is 19.1 Å². The first-order chi connectivity index (χ1) is 6.58. The van der Waals surface area contributed by atoms with E-state index in [4.69, 9.17) is 10.2 Å². The molecule has 0 radical (unpaired) electrons. The van der Waals surface area contributed by atoms with E-state index in [1.165, 1.54) is 6.42 Å². The van der Waals surface area contributed by atoms with Crippen LogP contribution in [0.15, 0.2) is 0 Å². The van der Waals surface area contributed by atoms with Crippen molar-refractivity contribution in [1.82, 2.24) is 0 Å². The maximum absolute atomic E-state index is 8.37.